The fraction of sp³-hybridized carbons (Fsp3) is 0.407. The first-order valence-electron chi connectivity index (χ1n) is 11.5. The number of piperazine rings is 1. The molecule has 0 bridgehead atoms. The van der Waals surface area contributed by atoms with Crippen molar-refractivity contribution in [3.63, 3.8) is 0 Å². The summed E-state index contributed by atoms with van der Waals surface area (Å²) < 4.78 is 0. The number of benzene rings is 2. The lowest BCUT2D eigenvalue weighted by Gasteiger charge is -2.35. The molecule has 3 aromatic rings. The van der Waals surface area contributed by atoms with Crippen molar-refractivity contribution in [1.82, 2.24) is 15.2 Å². The van der Waals surface area contributed by atoms with E-state index in [-0.39, 0.29) is 17.4 Å². The van der Waals surface area contributed by atoms with Crippen LogP contribution in [0, 0.1) is 5.41 Å². The Morgan fingerprint density at radius 3 is 2.34 bits per heavy atom. The molecule has 1 amide bonds. The topological polar surface area (TPSA) is 48.5 Å². The van der Waals surface area contributed by atoms with E-state index >= 15 is 0 Å². The van der Waals surface area contributed by atoms with Crippen molar-refractivity contribution in [2.45, 2.75) is 40.3 Å². The highest BCUT2D eigenvalue weighted by Crippen LogP contribution is 2.25. The second-order valence-corrected chi connectivity index (χ2v) is 9.86. The minimum Gasteiger partial charge on any atom is -0.354 e. The lowest BCUT2D eigenvalue weighted by Crippen LogP contribution is -2.46. The summed E-state index contributed by atoms with van der Waals surface area (Å²) in [6.45, 7) is 13.2. The number of pyridine rings is 1. The Balaban J connectivity index is 1.53. The molecule has 1 atom stereocenters. The summed E-state index contributed by atoms with van der Waals surface area (Å²) in [5, 5.41) is 4.10. The lowest BCUT2D eigenvalue weighted by atomic mass is 9.88. The molecule has 5 nitrogen and oxygen atoms in total. The molecule has 1 aliphatic rings. The summed E-state index contributed by atoms with van der Waals surface area (Å²) in [7, 11) is 0. The number of hydrogen-bond acceptors (Lipinski definition) is 4. The maximum Gasteiger partial charge on any atom is 0.252 e. The SMILES string of the molecule is C[C@@H](NC(=O)c1cc(N2CCN(Cc3ccccc3)CC2)nc2ccccc12)C(C)(C)C. The predicted octanol–water partition coefficient (Wildman–Crippen LogP) is 4.72. The molecule has 1 fully saturated rings. The van der Waals surface area contributed by atoms with Crippen LogP contribution >= 0.6 is 0 Å². The largest absolute Gasteiger partial charge is 0.354 e. The van der Waals surface area contributed by atoms with E-state index in [1.807, 2.05) is 30.3 Å². The third-order valence-corrected chi connectivity index (χ3v) is 6.54. The van der Waals surface area contributed by atoms with E-state index in [1.54, 1.807) is 0 Å². The van der Waals surface area contributed by atoms with Crippen LogP contribution in [0.3, 0.4) is 0 Å². The fourth-order valence-electron chi connectivity index (χ4n) is 3.98. The number of nitrogens with one attached hydrogen (secondary N) is 1. The van der Waals surface area contributed by atoms with Crippen LogP contribution in [0.2, 0.25) is 0 Å². The van der Waals surface area contributed by atoms with Crippen molar-refractivity contribution in [3.8, 4) is 0 Å². The molecule has 1 N–H and O–H groups in total. The van der Waals surface area contributed by atoms with Crippen molar-refractivity contribution in [2.24, 2.45) is 5.41 Å². The first kappa shape index (κ1) is 22.3. The molecule has 0 saturated carbocycles. The lowest BCUT2D eigenvalue weighted by molar-refractivity contribution is 0.0911. The monoisotopic (exact) mass is 430 g/mol. The number of aromatic nitrogens is 1. The van der Waals surface area contributed by atoms with Crippen molar-refractivity contribution >= 4 is 22.6 Å². The number of fused-ring (bicyclic) bond motifs is 1. The highest BCUT2D eigenvalue weighted by Gasteiger charge is 2.25. The standard InChI is InChI=1S/C27H34N4O/c1-20(27(2,3)4)28-26(32)23-18-25(29-24-13-9-8-12-22(23)24)31-16-14-30(15-17-31)19-21-10-6-5-7-11-21/h5-13,18,20H,14-17,19H2,1-4H3,(H,28,32)/t20-/m1/s1. The number of amides is 1. The number of anilines is 1. The van der Waals surface area contributed by atoms with Gasteiger partial charge in [0, 0.05) is 44.2 Å². The van der Waals surface area contributed by atoms with E-state index in [1.165, 1.54) is 5.56 Å². The molecule has 1 aromatic heterocycles. The molecule has 0 aliphatic carbocycles. The van der Waals surface area contributed by atoms with Gasteiger partial charge in [-0.1, -0.05) is 69.3 Å². The van der Waals surface area contributed by atoms with Gasteiger partial charge in [0.2, 0.25) is 0 Å². The summed E-state index contributed by atoms with van der Waals surface area (Å²) >= 11 is 0. The highest BCUT2D eigenvalue weighted by molar-refractivity contribution is 6.07. The molecular formula is C27H34N4O. The van der Waals surface area contributed by atoms with Crippen LogP contribution in [0.5, 0.6) is 0 Å². The van der Waals surface area contributed by atoms with Gasteiger partial charge in [0.1, 0.15) is 5.82 Å². The molecule has 0 radical (unpaired) electrons. The zero-order chi connectivity index (χ0) is 22.7. The second kappa shape index (κ2) is 9.29. The van der Waals surface area contributed by atoms with Crippen LogP contribution < -0.4 is 10.2 Å². The van der Waals surface area contributed by atoms with Gasteiger partial charge in [-0.3, -0.25) is 9.69 Å². The molecule has 2 aromatic carbocycles. The average Bonchev–Trinajstić information content (AvgIpc) is 2.79. The van der Waals surface area contributed by atoms with Crippen LogP contribution in [0.1, 0.15) is 43.6 Å². The van der Waals surface area contributed by atoms with Gasteiger partial charge in [0.25, 0.3) is 5.91 Å². The highest BCUT2D eigenvalue weighted by atomic mass is 16.1. The zero-order valence-electron chi connectivity index (χ0n) is 19.6. The molecular weight excluding hydrogens is 396 g/mol. The molecule has 0 unspecified atom stereocenters. The molecule has 32 heavy (non-hydrogen) atoms. The van der Waals surface area contributed by atoms with Crippen LogP contribution in [0.25, 0.3) is 10.9 Å². The molecule has 168 valence electrons. The zero-order valence-corrected chi connectivity index (χ0v) is 19.6. The Morgan fingerprint density at radius 1 is 1.00 bits per heavy atom. The van der Waals surface area contributed by atoms with E-state index in [4.69, 9.17) is 4.98 Å². The summed E-state index contributed by atoms with van der Waals surface area (Å²) in [5.74, 6) is 0.853. The first-order valence-corrected chi connectivity index (χ1v) is 11.5. The van der Waals surface area contributed by atoms with Crippen molar-refractivity contribution in [2.75, 3.05) is 31.1 Å². The van der Waals surface area contributed by atoms with Gasteiger partial charge in [0.15, 0.2) is 0 Å². The Kier molecular flexibility index (Phi) is 6.47. The Hall–Kier alpha value is -2.92. The summed E-state index contributed by atoms with van der Waals surface area (Å²) in [4.78, 5) is 22.9. The van der Waals surface area contributed by atoms with Crippen molar-refractivity contribution in [1.29, 1.82) is 0 Å². The molecule has 0 spiro atoms. The van der Waals surface area contributed by atoms with E-state index in [2.05, 4.69) is 73.1 Å². The van der Waals surface area contributed by atoms with E-state index in [0.717, 1.165) is 49.4 Å². The van der Waals surface area contributed by atoms with Crippen LogP contribution in [-0.4, -0.2) is 48.0 Å². The third kappa shape index (κ3) is 5.10. The quantitative estimate of drug-likeness (QED) is 0.636. The number of hydrogen-bond donors (Lipinski definition) is 1. The van der Waals surface area contributed by atoms with Crippen LogP contribution in [0.4, 0.5) is 5.82 Å². The van der Waals surface area contributed by atoms with E-state index in [9.17, 15) is 4.79 Å². The van der Waals surface area contributed by atoms with Gasteiger partial charge in [-0.2, -0.15) is 0 Å². The number of carbonyl (C=O) groups is 1. The van der Waals surface area contributed by atoms with Gasteiger partial charge in [0.05, 0.1) is 11.1 Å². The maximum atomic E-state index is 13.2. The number of para-hydroxylation sites is 1. The second-order valence-electron chi connectivity index (χ2n) is 9.86. The number of rotatable bonds is 5. The third-order valence-electron chi connectivity index (χ3n) is 6.54. The molecule has 1 aliphatic heterocycles. The molecule has 1 saturated heterocycles. The minimum absolute atomic E-state index is 0.00357. The summed E-state index contributed by atoms with van der Waals surface area (Å²) in [5.41, 5.74) is 2.91. The summed E-state index contributed by atoms with van der Waals surface area (Å²) in [6.07, 6.45) is 0. The van der Waals surface area contributed by atoms with E-state index < -0.39 is 0 Å². The maximum absolute atomic E-state index is 13.2. The van der Waals surface area contributed by atoms with Gasteiger partial charge in [-0.15, -0.1) is 0 Å². The Morgan fingerprint density at radius 2 is 1.66 bits per heavy atom. The van der Waals surface area contributed by atoms with Gasteiger partial charge < -0.3 is 10.2 Å². The van der Waals surface area contributed by atoms with Gasteiger partial charge in [-0.05, 0) is 30.0 Å². The molecule has 4 rings (SSSR count). The predicted molar refractivity (Wildman–Crippen MR) is 132 cm³/mol. The molecule has 5 heteroatoms. The Bertz CT molecular complexity index is 1070. The number of carbonyl (C=O) groups excluding carboxylic acids is 1. The first-order chi connectivity index (χ1) is 15.3. The number of nitrogens with zero attached hydrogens (tertiary/aromatic N) is 3. The fourth-order valence-corrected chi connectivity index (χ4v) is 3.98. The van der Waals surface area contributed by atoms with Crippen molar-refractivity contribution < 1.29 is 4.79 Å². The van der Waals surface area contributed by atoms with Crippen LogP contribution in [0.15, 0.2) is 60.7 Å². The van der Waals surface area contributed by atoms with Gasteiger partial charge >= 0.3 is 0 Å². The summed E-state index contributed by atoms with van der Waals surface area (Å²) in [6, 6.07) is 20.6. The van der Waals surface area contributed by atoms with Crippen LogP contribution in [-0.2, 0) is 6.54 Å². The van der Waals surface area contributed by atoms with Gasteiger partial charge in [-0.25, -0.2) is 4.98 Å². The smallest absolute Gasteiger partial charge is 0.252 e. The van der Waals surface area contributed by atoms with E-state index in [0.29, 0.717) is 5.56 Å². The normalized spacial score (nSPS) is 16.2. The Labute approximate surface area is 191 Å². The van der Waals surface area contributed by atoms with Crippen molar-refractivity contribution in [3.05, 3.63) is 71.8 Å². The minimum atomic E-state index is -0.0324. The molecule has 2 heterocycles. The average molecular weight is 431 g/mol.